The van der Waals surface area contributed by atoms with Crippen molar-refractivity contribution in [3.8, 4) is 17.0 Å². The molecule has 1 aromatic heterocycles. The SMILES string of the molecule is O=C(Nc1ccc(C(F)(F)F)cc1)N1CCc2c(-c3cccc(O)c3)nc(N3CCOCC3)nc21. The highest BCUT2D eigenvalue weighted by atomic mass is 19.4. The summed E-state index contributed by atoms with van der Waals surface area (Å²) in [5.41, 5.74) is 1.53. The minimum Gasteiger partial charge on any atom is -0.508 e. The van der Waals surface area contributed by atoms with E-state index in [1.54, 1.807) is 18.2 Å². The second-order valence-corrected chi connectivity index (χ2v) is 8.23. The zero-order valence-corrected chi connectivity index (χ0v) is 18.5. The first-order valence-electron chi connectivity index (χ1n) is 11.1. The molecular weight excluding hydrogens is 463 g/mol. The number of amides is 2. The fraction of sp³-hybridized carbons (Fsp3) is 0.292. The molecule has 0 bridgehead atoms. The van der Waals surface area contributed by atoms with E-state index < -0.39 is 17.8 Å². The van der Waals surface area contributed by atoms with Crippen LogP contribution < -0.4 is 15.1 Å². The van der Waals surface area contributed by atoms with Crippen molar-refractivity contribution >= 4 is 23.5 Å². The third kappa shape index (κ3) is 4.72. The predicted octanol–water partition coefficient (Wildman–Crippen LogP) is 4.30. The number of anilines is 3. The number of aromatic nitrogens is 2. The summed E-state index contributed by atoms with van der Waals surface area (Å²) in [5, 5.41) is 12.7. The summed E-state index contributed by atoms with van der Waals surface area (Å²) >= 11 is 0. The van der Waals surface area contributed by atoms with Crippen molar-refractivity contribution in [3.63, 3.8) is 0 Å². The van der Waals surface area contributed by atoms with Gasteiger partial charge in [0.2, 0.25) is 5.95 Å². The summed E-state index contributed by atoms with van der Waals surface area (Å²) in [7, 11) is 0. The lowest BCUT2D eigenvalue weighted by Crippen LogP contribution is -2.38. The number of alkyl halides is 3. The second-order valence-electron chi connectivity index (χ2n) is 8.23. The van der Waals surface area contributed by atoms with Crippen LogP contribution in [0.3, 0.4) is 0 Å². The lowest BCUT2D eigenvalue weighted by Gasteiger charge is -2.28. The molecule has 0 unspecified atom stereocenters. The summed E-state index contributed by atoms with van der Waals surface area (Å²) in [5.74, 6) is 0.974. The maximum Gasteiger partial charge on any atom is 0.416 e. The molecule has 2 aliphatic heterocycles. The van der Waals surface area contributed by atoms with Gasteiger partial charge < -0.3 is 20.1 Å². The molecule has 2 aliphatic rings. The van der Waals surface area contributed by atoms with Crippen molar-refractivity contribution in [2.45, 2.75) is 12.6 Å². The number of phenolic OH excluding ortho intramolecular Hbond substituents is 1. The Morgan fingerprint density at radius 3 is 2.46 bits per heavy atom. The number of hydrogen-bond donors (Lipinski definition) is 2. The normalized spacial score (nSPS) is 15.7. The van der Waals surface area contributed by atoms with Crippen molar-refractivity contribution in [3.05, 3.63) is 59.7 Å². The number of nitrogens with zero attached hydrogens (tertiary/aromatic N) is 4. The summed E-state index contributed by atoms with van der Waals surface area (Å²) in [4.78, 5) is 26.0. The Balaban J connectivity index is 1.48. The van der Waals surface area contributed by atoms with Crippen molar-refractivity contribution in [2.24, 2.45) is 0 Å². The summed E-state index contributed by atoms with van der Waals surface area (Å²) in [6.45, 7) is 2.57. The van der Waals surface area contributed by atoms with E-state index >= 15 is 0 Å². The van der Waals surface area contributed by atoms with E-state index in [-0.39, 0.29) is 11.4 Å². The van der Waals surface area contributed by atoms with E-state index in [0.717, 1.165) is 17.7 Å². The van der Waals surface area contributed by atoms with Crippen molar-refractivity contribution in [1.29, 1.82) is 0 Å². The van der Waals surface area contributed by atoms with Gasteiger partial charge in [0.1, 0.15) is 11.6 Å². The molecule has 8 nitrogen and oxygen atoms in total. The minimum absolute atomic E-state index is 0.0951. The molecule has 1 fully saturated rings. The molecule has 2 aromatic carbocycles. The standard InChI is InChI=1S/C24H22F3N5O3/c25-24(26,27)16-4-6-17(7-5-16)28-23(34)32-9-8-19-20(15-2-1-3-18(33)14-15)29-22(30-21(19)32)31-10-12-35-13-11-31/h1-7,14,33H,8-13H2,(H,28,34). The number of ether oxygens (including phenoxy) is 1. The van der Waals surface area contributed by atoms with E-state index in [4.69, 9.17) is 9.72 Å². The number of urea groups is 1. The number of nitrogens with one attached hydrogen (secondary N) is 1. The molecule has 2 N–H and O–H groups in total. The van der Waals surface area contributed by atoms with Crippen LogP contribution in [0.1, 0.15) is 11.1 Å². The molecule has 35 heavy (non-hydrogen) atoms. The first-order chi connectivity index (χ1) is 16.8. The van der Waals surface area contributed by atoms with E-state index in [0.29, 0.717) is 62.3 Å². The van der Waals surface area contributed by atoms with Crippen molar-refractivity contribution in [1.82, 2.24) is 9.97 Å². The van der Waals surface area contributed by atoms with Gasteiger partial charge in [0.25, 0.3) is 0 Å². The minimum atomic E-state index is -4.45. The maximum absolute atomic E-state index is 13.1. The van der Waals surface area contributed by atoms with Gasteiger partial charge in [-0.2, -0.15) is 18.2 Å². The van der Waals surface area contributed by atoms with Gasteiger partial charge in [0, 0.05) is 36.4 Å². The van der Waals surface area contributed by atoms with Gasteiger partial charge in [-0.1, -0.05) is 12.1 Å². The second kappa shape index (κ2) is 9.06. The van der Waals surface area contributed by atoms with Crippen LogP contribution in [-0.4, -0.2) is 54.0 Å². The van der Waals surface area contributed by atoms with E-state index in [1.807, 2.05) is 11.0 Å². The molecule has 5 rings (SSSR count). The molecule has 11 heteroatoms. The third-order valence-electron chi connectivity index (χ3n) is 5.94. The Kier molecular flexibility index (Phi) is 5.93. The Bertz CT molecular complexity index is 1240. The summed E-state index contributed by atoms with van der Waals surface area (Å²) < 4.78 is 44.0. The van der Waals surface area contributed by atoms with Crippen LogP contribution in [0, 0.1) is 0 Å². The molecular formula is C24H22F3N5O3. The Morgan fingerprint density at radius 1 is 1.03 bits per heavy atom. The lowest BCUT2D eigenvalue weighted by molar-refractivity contribution is -0.137. The van der Waals surface area contributed by atoms with Crippen LogP contribution in [-0.2, 0) is 17.3 Å². The van der Waals surface area contributed by atoms with Gasteiger partial charge in [0.05, 0.1) is 24.5 Å². The summed E-state index contributed by atoms with van der Waals surface area (Å²) in [6, 6.07) is 10.5. The highest BCUT2D eigenvalue weighted by Gasteiger charge is 2.33. The zero-order valence-electron chi connectivity index (χ0n) is 18.5. The topological polar surface area (TPSA) is 90.8 Å². The molecule has 0 atom stereocenters. The molecule has 1 saturated heterocycles. The first-order valence-corrected chi connectivity index (χ1v) is 11.1. The smallest absolute Gasteiger partial charge is 0.416 e. The van der Waals surface area contributed by atoms with Gasteiger partial charge in [0.15, 0.2) is 0 Å². The van der Waals surface area contributed by atoms with Crippen molar-refractivity contribution < 1.29 is 27.8 Å². The Hall–Kier alpha value is -3.86. The maximum atomic E-state index is 13.1. The average Bonchev–Trinajstić information content (AvgIpc) is 3.28. The molecule has 3 aromatic rings. The number of carbonyl (C=O) groups is 1. The summed E-state index contributed by atoms with van der Waals surface area (Å²) in [6.07, 6.45) is -3.96. The number of fused-ring (bicyclic) bond motifs is 1. The molecule has 0 aliphatic carbocycles. The predicted molar refractivity (Wildman–Crippen MR) is 124 cm³/mol. The fourth-order valence-corrected chi connectivity index (χ4v) is 4.17. The van der Waals surface area contributed by atoms with Gasteiger partial charge in [-0.15, -0.1) is 0 Å². The number of aromatic hydroxyl groups is 1. The molecule has 0 saturated carbocycles. The van der Waals surface area contributed by atoms with Gasteiger partial charge >= 0.3 is 12.2 Å². The van der Waals surface area contributed by atoms with Crippen LogP contribution in [0.25, 0.3) is 11.3 Å². The third-order valence-corrected chi connectivity index (χ3v) is 5.94. The number of hydrogen-bond acceptors (Lipinski definition) is 6. The molecule has 0 radical (unpaired) electrons. The monoisotopic (exact) mass is 485 g/mol. The van der Waals surface area contributed by atoms with Gasteiger partial charge in [-0.3, -0.25) is 4.90 Å². The molecule has 0 spiro atoms. The number of benzene rings is 2. The number of phenols is 1. The van der Waals surface area contributed by atoms with E-state index in [2.05, 4.69) is 10.3 Å². The number of rotatable bonds is 3. The van der Waals surface area contributed by atoms with Crippen LogP contribution in [0.5, 0.6) is 5.75 Å². The van der Waals surface area contributed by atoms with Gasteiger partial charge in [-0.25, -0.2) is 9.78 Å². The molecule has 182 valence electrons. The number of morpholine rings is 1. The Labute approximate surface area is 199 Å². The molecule has 2 amide bonds. The fourth-order valence-electron chi connectivity index (χ4n) is 4.17. The average molecular weight is 485 g/mol. The zero-order chi connectivity index (χ0) is 24.6. The van der Waals surface area contributed by atoms with E-state index in [9.17, 15) is 23.1 Å². The van der Waals surface area contributed by atoms with Crippen LogP contribution >= 0.6 is 0 Å². The molecule has 3 heterocycles. The highest BCUT2D eigenvalue weighted by Crippen LogP contribution is 2.37. The van der Waals surface area contributed by atoms with Crippen molar-refractivity contribution in [2.75, 3.05) is 48.0 Å². The van der Waals surface area contributed by atoms with Gasteiger partial charge in [-0.05, 0) is 42.8 Å². The van der Waals surface area contributed by atoms with Crippen LogP contribution in [0.15, 0.2) is 48.5 Å². The largest absolute Gasteiger partial charge is 0.508 e. The van der Waals surface area contributed by atoms with Crippen LogP contribution in [0.2, 0.25) is 0 Å². The number of halogens is 3. The quantitative estimate of drug-likeness (QED) is 0.575. The van der Waals surface area contributed by atoms with Crippen LogP contribution in [0.4, 0.5) is 35.4 Å². The number of carbonyl (C=O) groups excluding carboxylic acids is 1. The first kappa shape index (κ1) is 22.9. The Morgan fingerprint density at radius 2 is 1.77 bits per heavy atom. The lowest BCUT2D eigenvalue weighted by atomic mass is 10.1. The highest BCUT2D eigenvalue weighted by molar-refractivity contribution is 6.03. The van der Waals surface area contributed by atoms with E-state index in [1.165, 1.54) is 17.0 Å².